The van der Waals surface area contributed by atoms with Gasteiger partial charge in [0, 0.05) is 70.5 Å². The zero-order valence-corrected chi connectivity index (χ0v) is 27.5. The highest BCUT2D eigenvalue weighted by atomic mass is 32.2. The van der Waals surface area contributed by atoms with Crippen LogP contribution in [-0.4, -0.2) is 122 Å². The lowest BCUT2D eigenvalue weighted by molar-refractivity contribution is -0.384. The number of hydroxylamine groups is 2. The molecule has 0 saturated carbocycles. The molecule has 1 unspecified atom stereocenters. The number of piperazine rings is 1. The van der Waals surface area contributed by atoms with Gasteiger partial charge < -0.3 is 19.8 Å². The number of amides is 3. The van der Waals surface area contributed by atoms with E-state index in [0.717, 1.165) is 23.7 Å². The van der Waals surface area contributed by atoms with Gasteiger partial charge in [0.15, 0.2) is 5.12 Å². The predicted molar refractivity (Wildman–Crippen MR) is 168 cm³/mol. The zero-order valence-electron chi connectivity index (χ0n) is 25.8. The number of nitrogens with one attached hydrogen (secondary N) is 1. The van der Waals surface area contributed by atoms with Crippen molar-refractivity contribution in [2.45, 2.75) is 57.3 Å². The fourth-order valence-electron chi connectivity index (χ4n) is 5.20. The summed E-state index contributed by atoms with van der Waals surface area (Å²) in [6.45, 7) is 8.61. The predicted octanol–water partition coefficient (Wildman–Crippen LogP) is 2.05. The van der Waals surface area contributed by atoms with E-state index in [9.17, 15) is 34.1 Å². The number of hydrazine groups is 1. The first-order valence-corrected chi connectivity index (χ1v) is 16.6. The molecule has 3 atom stereocenters. The van der Waals surface area contributed by atoms with Crippen LogP contribution in [0, 0.1) is 10.1 Å². The lowest BCUT2D eigenvalue weighted by Crippen LogP contribution is -2.57. The molecule has 0 radical (unpaired) electrons. The highest BCUT2D eigenvalue weighted by Crippen LogP contribution is 2.35. The Hall–Kier alpha value is -3.41. The third-order valence-corrected chi connectivity index (χ3v) is 9.32. The largest absolute Gasteiger partial charge is 0.445 e. The number of hydrogen-bond donors (Lipinski definition) is 1. The van der Waals surface area contributed by atoms with Crippen molar-refractivity contribution in [1.82, 2.24) is 25.3 Å². The molecule has 45 heavy (non-hydrogen) atoms. The lowest BCUT2D eigenvalue weighted by atomic mass is 10.1. The molecule has 248 valence electrons. The number of hydrogen-bond acceptors (Lipinski definition) is 13. The minimum Gasteiger partial charge on any atom is -0.445 e. The maximum absolute atomic E-state index is 14.1. The summed E-state index contributed by atoms with van der Waals surface area (Å²) in [5, 5.41) is 17.0. The number of nitro benzene ring substituents is 1. The van der Waals surface area contributed by atoms with Gasteiger partial charge in [0.25, 0.3) is 17.5 Å². The Bertz CT molecular complexity index is 1230. The Morgan fingerprint density at radius 1 is 1.11 bits per heavy atom. The minimum absolute atomic E-state index is 0.0995. The molecule has 1 aromatic rings. The van der Waals surface area contributed by atoms with Crippen LogP contribution in [0.15, 0.2) is 24.3 Å². The Labute approximate surface area is 270 Å². The molecule has 17 heteroatoms. The Morgan fingerprint density at radius 3 is 2.33 bits per heavy atom. The maximum atomic E-state index is 14.1. The second kappa shape index (κ2) is 17.3. The highest BCUT2D eigenvalue weighted by Gasteiger charge is 2.46. The molecule has 0 aromatic heterocycles. The van der Waals surface area contributed by atoms with Gasteiger partial charge >= 0.3 is 12.1 Å². The van der Waals surface area contributed by atoms with E-state index < -0.39 is 46.6 Å². The number of ether oxygens (including phenoxy) is 1. The van der Waals surface area contributed by atoms with E-state index in [2.05, 4.69) is 5.32 Å². The number of likely N-dealkylation sites (N-methyl/N-ethyl adjacent to an activating group) is 1. The molecule has 0 spiro atoms. The summed E-state index contributed by atoms with van der Waals surface area (Å²) >= 11 is 2.30. The molecule has 3 rings (SSSR count). The summed E-state index contributed by atoms with van der Waals surface area (Å²) in [6, 6.07) is 4.83. The molecular formula is C28H40N6O9S2. The molecule has 2 aliphatic rings. The SMILES string of the molecule is CCSC(C(=O)N(CC(=O)N(CC)N1CCNCC1)OC(C)=O)[C@@H]1C[C@H](SC(C)=O)CN1C(=O)OCc1ccc([N+](=O)[O-])cc1. The van der Waals surface area contributed by atoms with Gasteiger partial charge in [0.1, 0.15) is 18.4 Å². The number of likely N-dealkylation sites (tertiary alicyclic amines) is 1. The summed E-state index contributed by atoms with van der Waals surface area (Å²) < 4.78 is 5.54. The van der Waals surface area contributed by atoms with Crippen molar-refractivity contribution >= 4 is 58.2 Å². The van der Waals surface area contributed by atoms with Crippen LogP contribution < -0.4 is 5.32 Å². The quantitative estimate of drug-likeness (QED) is 0.254. The molecule has 2 aliphatic heterocycles. The Balaban J connectivity index is 1.82. The standard InChI is InChI=1S/C28H40N6O9S2/c1-5-32(30-13-11-29-12-14-30)25(37)17-33(43-19(3)35)27(38)26(44-6-2)24-15-23(45-20(4)36)16-31(24)28(39)42-18-21-7-9-22(10-8-21)34(40)41/h7-10,23-24,26,29H,5-6,11-18H2,1-4H3/t23-,24-,26?/m0/s1. The van der Waals surface area contributed by atoms with E-state index in [1.165, 1.54) is 52.9 Å². The van der Waals surface area contributed by atoms with Crippen LogP contribution in [0.1, 0.15) is 39.7 Å². The molecule has 0 aliphatic carbocycles. The second-order valence-corrected chi connectivity index (χ2v) is 13.2. The molecule has 0 bridgehead atoms. The fourth-order valence-corrected chi connectivity index (χ4v) is 7.29. The molecule has 2 heterocycles. The molecule has 3 amide bonds. The summed E-state index contributed by atoms with van der Waals surface area (Å²) in [5.41, 5.74) is 0.428. The molecule has 2 fully saturated rings. The molecule has 2 saturated heterocycles. The van der Waals surface area contributed by atoms with Gasteiger partial charge in [-0.3, -0.25) is 34.3 Å². The van der Waals surface area contributed by atoms with Gasteiger partial charge in [0.05, 0.1) is 11.0 Å². The highest BCUT2D eigenvalue weighted by molar-refractivity contribution is 8.14. The topological polar surface area (TPSA) is 172 Å². The van der Waals surface area contributed by atoms with Gasteiger partial charge in [-0.15, -0.1) is 11.8 Å². The van der Waals surface area contributed by atoms with E-state index >= 15 is 0 Å². The van der Waals surface area contributed by atoms with Crippen LogP contribution in [0.25, 0.3) is 0 Å². The summed E-state index contributed by atoms with van der Waals surface area (Å²) in [4.78, 5) is 82.0. The summed E-state index contributed by atoms with van der Waals surface area (Å²) in [7, 11) is 0. The van der Waals surface area contributed by atoms with E-state index in [4.69, 9.17) is 9.57 Å². The first kappa shape index (κ1) is 36.1. The number of benzene rings is 1. The maximum Gasteiger partial charge on any atom is 0.410 e. The fraction of sp³-hybridized carbons (Fsp3) is 0.607. The van der Waals surface area contributed by atoms with Gasteiger partial charge in [-0.05, 0) is 36.8 Å². The monoisotopic (exact) mass is 668 g/mol. The first-order valence-electron chi connectivity index (χ1n) is 14.7. The van der Waals surface area contributed by atoms with Crippen LogP contribution in [-0.2, 0) is 35.4 Å². The second-order valence-electron chi connectivity index (χ2n) is 10.3. The Morgan fingerprint density at radius 2 is 1.78 bits per heavy atom. The summed E-state index contributed by atoms with van der Waals surface area (Å²) in [5.74, 6) is -1.40. The van der Waals surface area contributed by atoms with E-state index in [-0.39, 0.29) is 35.6 Å². The number of carbonyl (C=O) groups is 5. The number of non-ortho nitro benzene ring substituents is 1. The van der Waals surface area contributed by atoms with Crippen molar-refractivity contribution in [1.29, 1.82) is 0 Å². The van der Waals surface area contributed by atoms with Gasteiger partial charge in [-0.25, -0.2) is 9.80 Å². The Kier molecular flexibility index (Phi) is 13.9. The summed E-state index contributed by atoms with van der Waals surface area (Å²) in [6.07, 6.45) is -0.449. The van der Waals surface area contributed by atoms with Gasteiger partial charge in [-0.1, -0.05) is 18.7 Å². The van der Waals surface area contributed by atoms with Crippen LogP contribution >= 0.6 is 23.5 Å². The number of carbonyl (C=O) groups excluding carboxylic acids is 5. The number of thioether (sulfide) groups is 2. The van der Waals surface area contributed by atoms with Crippen molar-refractivity contribution in [2.24, 2.45) is 0 Å². The average molecular weight is 669 g/mol. The van der Waals surface area contributed by atoms with Crippen LogP contribution in [0.3, 0.4) is 0 Å². The molecule has 1 N–H and O–H groups in total. The van der Waals surface area contributed by atoms with Crippen LogP contribution in [0.2, 0.25) is 0 Å². The van der Waals surface area contributed by atoms with Crippen molar-refractivity contribution in [3.05, 3.63) is 39.9 Å². The number of nitro groups is 1. The average Bonchev–Trinajstić information content (AvgIpc) is 3.41. The number of nitrogens with zero attached hydrogens (tertiary/aromatic N) is 5. The van der Waals surface area contributed by atoms with Gasteiger partial charge in [0.2, 0.25) is 0 Å². The molecular weight excluding hydrogens is 628 g/mol. The van der Waals surface area contributed by atoms with Crippen molar-refractivity contribution in [3.8, 4) is 0 Å². The molecule has 1 aromatic carbocycles. The zero-order chi connectivity index (χ0) is 33.1. The van der Waals surface area contributed by atoms with Crippen LogP contribution in [0.5, 0.6) is 0 Å². The van der Waals surface area contributed by atoms with Gasteiger partial charge in [-0.2, -0.15) is 5.06 Å². The normalized spacial score (nSPS) is 19.0. The third kappa shape index (κ3) is 10.3. The number of rotatable bonds is 12. The van der Waals surface area contributed by atoms with Crippen molar-refractivity contribution in [3.63, 3.8) is 0 Å². The minimum atomic E-state index is -0.944. The van der Waals surface area contributed by atoms with E-state index in [0.29, 0.717) is 44.0 Å². The lowest BCUT2D eigenvalue weighted by Gasteiger charge is -2.38. The third-order valence-electron chi connectivity index (χ3n) is 7.11. The van der Waals surface area contributed by atoms with E-state index in [1.54, 1.807) is 0 Å². The van der Waals surface area contributed by atoms with Crippen LogP contribution in [0.4, 0.5) is 10.5 Å². The molecule has 15 nitrogen and oxygen atoms in total. The first-order chi connectivity index (χ1) is 21.4. The smallest absolute Gasteiger partial charge is 0.410 e. The van der Waals surface area contributed by atoms with Crippen molar-refractivity contribution in [2.75, 3.05) is 51.6 Å². The van der Waals surface area contributed by atoms with Crippen molar-refractivity contribution < 1.29 is 38.5 Å². The van der Waals surface area contributed by atoms with E-state index in [1.807, 2.05) is 18.9 Å².